The molecule has 1 atom stereocenters. The van der Waals surface area contributed by atoms with E-state index in [4.69, 9.17) is 9.47 Å². The second-order valence-corrected chi connectivity index (χ2v) is 11.1. The lowest BCUT2D eigenvalue weighted by Crippen LogP contribution is -2.42. The summed E-state index contributed by atoms with van der Waals surface area (Å²) in [5.41, 5.74) is 2.49. The molecule has 0 radical (unpaired) electrons. The molecule has 0 N–H and O–H groups in total. The van der Waals surface area contributed by atoms with Crippen LogP contribution in [-0.2, 0) is 22.7 Å². The van der Waals surface area contributed by atoms with E-state index < -0.39 is 6.04 Å². The molecule has 2 aromatic carbocycles. The Morgan fingerprint density at radius 1 is 0.889 bits per heavy atom. The van der Waals surface area contributed by atoms with E-state index in [1.165, 1.54) is 4.90 Å². The second kappa shape index (κ2) is 11.0. The summed E-state index contributed by atoms with van der Waals surface area (Å²) in [5.74, 6) is 3.00. The Morgan fingerprint density at radius 3 is 2.08 bits per heavy atom. The maximum Gasteiger partial charge on any atom is 0.272 e. The van der Waals surface area contributed by atoms with E-state index in [9.17, 15) is 9.59 Å². The Hall–Kier alpha value is -2.91. The van der Waals surface area contributed by atoms with E-state index in [0.29, 0.717) is 38.3 Å². The van der Waals surface area contributed by atoms with Gasteiger partial charge in [0.25, 0.3) is 5.91 Å². The lowest BCUT2D eigenvalue weighted by Gasteiger charge is -2.27. The molecule has 7 nitrogen and oxygen atoms in total. The minimum Gasteiger partial charge on any atom is -0.497 e. The van der Waals surface area contributed by atoms with Crippen LogP contribution >= 0.6 is 23.5 Å². The molecule has 0 aliphatic carbocycles. The van der Waals surface area contributed by atoms with Gasteiger partial charge in [0.1, 0.15) is 23.3 Å². The molecule has 0 fully saturated rings. The smallest absolute Gasteiger partial charge is 0.272 e. The van der Waals surface area contributed by atoms with Crippen molar-refractivity contribution in [2.75, 3.05) is 38.8 Å². The molecule has 9 heteroatoms. The number of amides is 2. The van der Waals surface area contributed by atoms with Crippen molar-refractivity contribution in [3.8, 4) is 11.5 Å². The molecule has 5 rings (SSSR count). The van der Waals surface area contributed by atoms with E-state index in [1.54, 1.807) is 43.8 Å². The third-order valence-corrected chi connectivity index (χ3v) is 8.72. The average Bonchev–Trinajstić information content (AvgIpc) is 3.27. The van der Waals surface area contributed by atoms with Crippen molar-refractivity contribution in [1.82, 2.24) is 9.80 Å². The Morgan fingerprint density at radius 2 is 1.47 bits per heavy atom. The number of fused-ring (bicyclic) bond motifs is 2. The molecule has 1 unspecified atom stereocenters. The van der Waals surface area contributed by atoms with Crippen molar-refractivity contribution >= 4 is 41.0 Å². The number of dihydropyridines is 1. The fraction of sp³-hybridized carbons (Fsp3) is 0.370. The van der Waals surface area contributed by atoms with Gasteiger partial charge in [-0.25, -0.2) is 0 Å². The molecule has 3 aliphatic rings. The van der Waals surface area contributed by atoms with E-state index in [0.717, 1.165) is 39.0 Å². The van der Waals surface area contributed by atoms with Gasteiger partial charge in [0.05, 0.1) is 14.2 Å². The fourth-order valence-corrected chi connectivity index (χ4v) is 6.59. The predicted octanol–water partition coefficient (Wildman–Crippen LogP) is 4.04. The molecule has 36 heavy (non-hydrogen) atoms. The van der Waals surface area contributed by atoms with Crippen LogP contribution < -0.4 is 9.47 Å². The largest absolute Gasteiger partial charge is 0.497 e. The number of carbonyl (C=O) groups is 2. The number of carbonyl (C=O) groups excluding carboxylic acids is 2. The third kappa shape index (κ3) is 5.27. The minimum atomic E-state index is -0.583. The van der Waals surface area contributed by atoms with Crippen LogP contribution in [0, 0.1) is 0 Å². The number of rotatable bonds is 4. The van der Waals surface area contributed by atoms with Crippen LogP contribution in [0.3, 0.4) is 0 Å². The van der Waals surface area contributed by atoms with E-state index in [1.807, 2.05) is 46.2 Å². The molecule has 3 aliphatic heterocycles. The first-order valence-electron chi connectivity index (χ1n) is 12.0. The molecule has 188 valence electrons. The topological polar surface area (TPSA) is 71.4 Å². The van der Waals surface area contributed by atoms with Crippen LogP contribution in [0.1, 0.15) is 17.5 Å². The van der Waals surface area contributed by atoms with Gasteiger partial charge in [-0.3, -0.25) is 14.6 Å². The summed E-state index contributed by atoms with van der Waals surface area (Å²) in [7, 11) is 3.29. The number of hydrogen-bond donors (Lipinski definition) is 0. The van der Waals surface area contributed by atoms with Gasteiger partial charge in [0.2, 0.25) is 5.91 Å². The highest BCUT2D eigenvalue weighted by Crippen LogP contribution is 2.32. The molecule has 0 saturated carbocycles. The average molecular weight is 524 g/mol. The van der Waals surface area contributed by atoms with Gasteiger partial charge in [-0.15, -0.1) is 23.5 Å². The van der Waals surface area contributed by atoms with E-state index >= 15 is 0 Å². The first-order chi connectivity index (χ1) is 17.6. The summed E-state index contributed by atoms with van der Waals surface area (Å²) in [4.78, 5) is 37.6. The molecule has 2 aromatic rings. The van der Waals surface area contributed by atoms with E-state index in [2.05, 4.69) is 11.1 Å². The minimum absolute atomic E-state index is 0.0394. The summed E-state index contributed by atoms with van der Waals surface area (Å²) in [6.45, 7) is 2.26. The molecule has 0 spiro atoms. The monoisotopic (exact) mass is 523 g/mol. The lowest BCUT2D eigenvalue weighted by molar-refractivity contribution is -0.132. The third-order valence-electron chi connectivity index (χ3n) is 6.53. The summed E-state index contributed by atoms with van der Waals surface area (Å²) in [5, 5.41) is 0. The van der Waals surface area contributed by atoms with Crippen LogP contribution in [-0.4, -0.2) is 72.2 Å². The van der Waals surface area contributed by atoms with Gasteiger partial charge >= 0.3 is 0 Å². The van der Waals surface area contributed by atoms with Crippen LogP contribution in [0.25, 0.3) is 0 Å². The highest BCUT2D eigenvalue weighted by molar-refractivity contribution is 7.99. The number of thioether (sulfide) groups is 2. The maximum atomic E-state index is 13.5. The van der Waals surface area contributed by atoms with Crippen molar-refractivity contribution in [1.29, 1.82) is 0 Å². The number of nitrogens with zero attached hydrogens (tertiary/aromatic N) is 3. The zero-order valence-corrected chi connectivity index (χ0v) is 22.1. The Labute approximate surface area is 219 Å². The number of ether oxygens (including phenoxy) is 2. The van der Waals surface area contributed by atoms with E-state index in [-0.39, 0.29) is 11.8 Å². The summed E-state index contributed by atoms with van der Waals surface area (Å²) < 4.78 is 10.8. The number of aliphatic imine (C=N–C) groups is 1. The molecule has 3 heterocycles. The molecule has 2 amide bonds. The van der Waals surface area contributed by atoms with Gasteiger partial charge in [-0.2, -0.15) is 0 Å². The quantitative estimate of drug-likeness (QED) is 0.603. The Bertz CT molecular complexity index is 1230. The van der Waals surface area contributed by atoms with Crippen molar-refractivity contribution < 1.29 is 19.1 Å². The summed E-state index contributed by atoms with van der Waals surface area (Å²) >= 11 is 3.49. The normalized spacial score (nSPS) is 19.4. The van der Waals surface area contributed by atoms with Crippen LogP contribution in [0.4, 0.5) is 0 Å². The van der Waals surface area contributed by atoms with Crippen LogP contribution in [0.2, 0.25) is 0 Å². The zero-order valence-electron chi connectivity index (χ0n) is 20.4. The fourth-order valence-electron chi connectivity index (χ4n) is 4.58. The van der Waals surface area contributed by atoms with Crippen molar-refractivity contribution in [2.45, 2.75) is 35.3 Å². The highest BCUT2D eigenvalue weighted by atomic mass is 32.2. The lowest BCUT2D eigenvalue weighted by atomic mass is 10.1. The predicted molar refractivity (Wildman–Crippen MR) is 143 cm³/mol. The highest BCUT2D eigenvalue weighted by Gasteiger charge is 2.30. The van der Waals surface area contributed by atoms with Crippen LogP contribution in [0.15, 0.2) is 63.3 Å². The zero-order chi connectivity index (χ0) is 25.1. The molecule has 0 bridgehead atoms. The number of hydrogen-bond acceptors (Lipinski definition) is 7. The van der Waals surface area contributed by atoms with Gasteiger partial charge < -0.3 is 19.3 Å². The van der Waals surface area contributed by atoms with Crippen LogP contribution in [0.5, 0.6) is 11.5 Å². The first-order valence-corrected chi connectivity index (χ1v) is 13.9. The van der Waals surface area contributed by atoms with Gasteiger partial charge in [-0.05, 0) is 60.0 Å². The molecular weight excluding hydrogens is 494 g/mol. The SMILES string of the molecule is COc1ccc2c(c1)CN(C(=O)C1=NC(C(=O)N3CCSc4ccc(OC)cc4C3)CC=C1)CCS2. The maximum absolute atomic E-state index is 13.5. The van der Waals surface area contributed by atoms with Crippen molar-refractivity contribution in [3.63, 3.8) is 0 Å². The first kappa shape index (κ1) is 24.8. The van der Waals surface area contributed by atoms with Gasteiger partial charge in [0, 0.05) is 47.5 Å². The standard InChI is InChI=1S/C27H29N3O4S2/c1-33-20-6-8-24-18(14-20)16-29(10-12-35-24)26(31)22-4-3-5-23(28-22)27(32)30-11-13-36-25-9-7-21(34-2)15-19(25)17-30/h3-4,6-9,14-15,23H,5,10-13,16-17H2,1-2H3. The molecule has 0 saturated heterocycles. The number of methoxy groups -OCH3 is 2. The molecular formula is C27H29N3O4S2. The summed E-state index contributed by atoms with van der Waals surface area (Å²) in [6, 6.07) is 11.4. The second-order valence-electron chi connectivity index (χ2n) is 8.80. The Kier molecular flexibility index (Phi) is 7.57. The molecule has 0 aromatic heterocycles. The van der Waals surface area contributed by atoms with Crippen molar-refractivity contribution in [2.24, 2.45) is 4.99 Å². The van der Waals surface area contributed by atoms with Crippen molar-refractivity contribution in [3.05, 3.63) is 59.7 Å². The van der Waals surface area contributed by atoms with Gasteiger partial charge in [0.15, 0.2) is 0 Å². The Balaban J connectivity index is 1.32. The summed E-state index contributed by atoms with van der Waals surface area (Å²) in [6.07, 6.45) is 4.16. The number of benzene rings is 2. The van der Waals surface area contributed by atoms with Gasteiger partial charge in [-0.1, -0.05) is 6.08 Å².